The van der Waals surface area contributed by atoms with E-state index in [9.17, 15) is 9.59 Å². The molecule has 1 aliphatic rings. The Hall–Kier alpha value is -4.19. The molecule has 1 aromatic heterocycles. The molecule has 0 unspecified atom stereocenters. The Morgan fingerprint density at radius 1 is 0.944 bits per heavy atom. The summed E-state index contributed by atoms with van der Waals surface area (Å²) in [5, 5.41) is 3.64. The lowest BCUT2D eigenvalue weighted by atomic mass is 10.0. The van der Waals surface area contributed by atoms with E-state index in [1.165, 1.54) is 18.2 Å². The second-order valence-electron chi connectivity index (χ2n) is 9.46. The van der Waals surface area contributed by atoms with Crippen molar-refractivity contribution in [2.24, 2.45) is 0 Å². The van der Waals surface area contributed by atoms with Crippen LogP contribution in [0.3, 0.4) is 0 Å². The molecule has 0 aliphatic carbocycles. The first kappa shape index (κ1) is 23.5. The van der Waals surface area contributed by atoms with Gasteiger partial charge >= 0.3 is 0 Å². The van der Waals surface area contributed by atoms with E-state index in [-0.39, 0.29) is 17.9 Å². The molecule has 0 radical (unpaired) electrons. The summed E-state index contributed by atoms with van der Waals surface area (Å²) >= 11 is 0. The monoisotopic (exact) mass is 478 g/mol. The molecule has 6 heteroatoms. The van der Waals surface area contributed by atoms with Crippen LogP contribution in [0.2, 0.25) is 0 Å². The highest BCUT2D eigenvalue weighted by molar-refractivity contribution is 6.07. The van der Waals surface area contributed by atoms with Crippen molar-refractivity contribution in [2.75, 3.05) is 29.9 Å². The molecule has 1 fully saturated rings. The molecule has 1 saturated heterocycles. The minimum atomic E-state index is -0.115. The predicted octanol–water partition coefficient (Wildman–Crippen LogP) is 5.52. The number of piperazine rings is 1. The van der Waals surface area contributed by atoms with Crippen molar-refractivity contribution in [3.63, 3.8) is 0 Å². The van der Waals surface area contributed by atoms with Crippen molar-refractivity contribution in [2.45, 2.75) is 26.8 Å². The number of pyridine rings is 1. The number of fused-ring (bicyclic) bond motifs is 1. The quantitative estimate of drug-likeness (QED) is 0.420. The van der Waals surface area contributed by atoms with Crippen molar-refractivity contribution in [1.29, 1.82) is 0 Å². The first-order valence-corrected chi connectivity index (χ1v) is 12.3. The molecule has 3 aromatic carbocycles. The van der Waals surface area contributed by atoms with Crippen LogP contribution in [-0.2, 0) is 4.79 Å². The normalized spacial score (nSPS) is 15.7. The van der Waals surface area contributed by atoms with E-state index in [0.29, 0.717) is 18.7 Å². The number of para-hydroxylation sites is 1. The molecule has 5 rings (SSSR count). The van der Waals surface area contributed by atoms with E-state index < -0.39 is 0 Å². The number of nitrogens with one attached hydrogen (secondary N) is 1. The number of hydrogen-bond acceptors (Lipinski definition) is 4. The van der Waals surface area contributed by atoms with Crippen LogP contribution in [0.4, 0.5) is 11.4 Å². The zero-order valence-corrected chi connectivity index (χ0v) is 20.9. The molecule has 0 bridgehead atoms. The third kappa shape index (κ3) is 4.80. The summed E-state index contributed by atoms with van der Waals surface area (Å²) in [5.74, 6) is -0.0864. The molecule has 1 aliphatic heterocycles. The van der Waals surface area contributed by atoms with E-state index >= 15 is 0 Å². The fourth-order valence-electron chi connectivity index (χ4n) is 4.93. The van der Waals surface area contributed by atoms with Crippen molar-refractivity contribution >= 4 is 34.1 Å². The van der Waals surface area contributed by atoms with E-state index in [1.54, 1.807) is 0 Å². The number of amides is 2. The SMILES string of the molecule is CC(=O)Nc1ccc(-c2cc(C(=O)N3CCN(c4cccc(C)c4)[C@@H](C)C3)c3ccccc3n2)cc1. The Labute approximate surface area is 211 Å². The number of carbonyl (C=O) groups excluding carboxylic acids is 2. The maximum atomic E-state index is 13.8. The molecule has 36 heavy (non-hydrogen) atoms. The molecule has 6 nitrogen and oxygen atoms in total. The van der Waals surface area contributed by atoms with Crippen molar-refractivity contribution < 1.29 is 9.59 Å². The number of anilines is 2. The number of carbonyl (C=O) groups is 2. The van der Waals surface area contributed by atoms with Crippen molar-refractivity contribution in [3.8, 4) is 11.3 Å². The van der Waals surface area contributed by atoms with Crippen LogP contribution in [0.25, 0.3) is 22.2 Å². The van der Waals surface area contributed by atoms with Gasteiger partial charge in [0.25, 0.3) is 5.91 Å². The fourth-order valence-corrected chi connectivity index (χ4v) is 4.93. The summed E-state index contributed by atoms with van der Waals surface area (Å²) in [7, 11) is 0. The van der Waals surface area contributed by atoms with Gasteiger partial charge in [-0.3, -0.25) is 9.59 Å². The first-order chi connectivity index (χ1) is 17.4. The summed E-state index contributed by atoms with van der Waals surface area (Å²) in [6, 6.07) is 26.0. The lowest BCUT2D eigenvalue weighted by molar-refractivity contribution is -0.114. The molecular weight excluding hydrogens is 448 g/mol. The Morgan fingerprint density at radius 3 is 2.44 bits per heavy atom. The van der Waals surface area contributed by atoms with Gasteiger partial charge in [0, 0.05) is 54.9 Å². The van der Waals surface area contributed by atoms with Crippen LogP contribution >= 0.6 is 0 Å². The molecule has 182 valence electrons. The van der Waals surface area contributed by atoms with Gasteiger partial charge in [0.2, 0.25) is 5.91 Å². The second-order valence-corrected chi connectivity index (χ2v) is 9.46. The fraction of sp³-hybridized carbons (Fsp3) is 0.233. The van der Waals surface area contributed by atoms with Gasteiger partial charge in [-0.1, -0.05) is 42.5 Å². The number of hydrogen-bond donors (Lipinski definition) is 1. The number of nitrogens with zero attached hydrogens (tertiary/aromatic N) is 3. The van der Waals surface area contributed by atoms with Crippen molar-refractivity contribution in [3.05, 3.63) is 90.0 Å². The van der Waals surface area contributed by atoms with Crippen LogP contribution in [0, 0.1) is 6.92 Å². The topological polar surface area (TPSA) is 65.5 Å². The van der Waals surface area contributed by atoms with Gasteiger partial charge in [0.1, 0.15) is 0 Å². The smallest absolute Gasteiger partial charge is 0.254 e. The summed E-state index contributed by atoms with van der Waals surface area (Å²) in [6.45, 7) is 7.87. The average molecular weight is 479 g/mol. The van der Waals surface area contributed by atoms with Gasteiger partial charge in [-0.15, -0.1) is 0 Å². The van der Waals surface area contributed by atoms with Gasteiger partial charge in [-0.2, -0.15) is 0 Å². The number of aryl methyl sites for hydroxylation is 1. The largest absolute Gasteiger partial charge is 0.365 e. The molecule has 2 heterocycles. The minimum absolute atomic E-state index is 0.0282. The van der Waals surface area contributed by atoms with Crippen LogP contribution in [-0.4, -0.2) is 47.4 Å². The zero-order valence-electron chi connectivity index (χ0n) is 20.9. The third-order valence-corrected chi connectivity index (χ3v) is 6.70. The molecule has 1 atom stereocenters. The Morgan fingerprint density at radius 2 is 1.72 bits per heavy atom. The Balaban J connectivity index is 1.44. The highest BCUT2D eigenvalue weighted by Crippen LogP contribution is 2.28. The lowest BCUT2D eigenvalue weighted by Crippen LogP contribution is -2.53. The Kier molecular flexibility index (Phi) is 6.42. The van der Waals surface area contributed by atoms with Gasteiger partial charge in [0.15, 0.2) is 0 Å². The van der Waals surface area contributed by atoms with Crippen LogP contribution < -0.4 is 10.2 Å². The van der Waals surface area contributed by atoms with Crippen LogP contribution in [0.1, 0.15) is 29.8 Å². The highest BCUT2D eigenvalue weighted by atomic mass is 16.2. The average Bonchev–Trinajstić information content (AvgIpc) is 2.87. The molecule has 1 N–H and O–H groups in total. The van der Waals surface area contributed by atoms with Gasteiger partial charge in [-0.25, -0.2) is 4.98 Å². The number of benzene rings is 3. The molecular formula is C30H30N4O2. The number of aromatic nitrogens is 1. The lowest BCUT2D eigenvalue weighted by Gasteiger charge is -2.41. The van der Waals surface area contributed by atoms with Crippen LogP contribution in [0.5, 0.6) is 0 Å². The summed E-state index contributed by atoms with van der Waals surface area (Å²) in [5.41, 5.74) is 6.24. The van der Waals surface area contributed by atoms with Gasteiger partial charge < -0.3 is 15.1 Å². The second kappa shape index (κ2) is 9.82. The van der Waals surface area contributed by atoms with E-state index in [2.05, 4.69) is 48.3 Å². The van der Waals surface area contributed by atoms with Gasteiger partial charge in [-0.05, 0) is 55.8 Å². The zero-order chi connectivity index (χ0) is 25.2. The maximum absolute atomic E-state index is 13.8. The maximum Gasteiger partial charge on any atom is 0.254 e. The van der Waals surface area contributed by atoms with Gasteiger partial charge in [0.05, 0.1) is 16.8 Å². The summed E-state index contributed by atoms with van der Waals surface area (Å²) < 4.78 is 0. The summed E-state index contributed by atoms with van der Waals surface area (Å²) in [4.78, 5) is 34.4. The predicted molar refractivity (Wildman–Crippen MR) is 145 cm³/mol. The number of rotatable bonds is 4. The molecule has 2 amide bonds. The van der Waals surface area contributed by atoms with Crippen LogP contribution in [0.15, 0.2) is 78.9 Å². The standard InChI is InChI=1S/C30H30N4O2/c1-20-7-6-8-25(17-20)34-16-15-33(19-21(34)2)30(36)27-18-29(32-28-10-5-4-9-26(27)28)23-11-13-24(14-12-23)31-22(3)35/h4-14,17-18,21H,15-16,19H2,1-3H3,(H,31,35)/t21-/m0/s1. The molecule has 0 saturated carbocycles. The molecule has 0 spiro atoms. The third-order valence-electron chi connectivity index (χ3n) is 6.70. The first-order valence-electron chi connectivity index (χ1n) is 12.3. The van der Waals surface area contributed by atoms with E-state index in [1.807, 2.05) is 59.5 Å². The molecule has 4 aromatic rings. The van der Waals surface area contributed by atoms with E-state index in [0.717, 1.165) is 34.4 Å². The minimum Gasteiger partial charge on any atom is -0.365 e. The highest BCUT2D eigenvalue weighted by Gasteiger charge is 2.28. The Bertz CT molecular complexity index is 1430. The van der Waals surface area contributed by atoms with Crippen molar-refractivity contribution in [1.82, 2.24) is 9.88 Å². The summed E-state index contributed by atoms with van der Waals surface area (Å²) in [6.07, 6.45) is 0. The van der Waals surface area contributed by atoms with E-state index in [4.69, 9.17) is 4.98 Å².